The van der Waals surface area contributed by atoms with Crippen molar-refractivity contribution in [3.05, 3.63) is 54.7 Å². The van der Waals surface area contributed by atoms with Gasteiger partial charge in [0.1, 0.15) is 11.4 Å². The lowest BCUT2D eigenvalue weighted by atomic mass is 10.1. The van der Waals surface area contributed by atoms with Gasteiger partial charge in [0, 0.05) is 43.1 Å². The zero-order chi connectivity index (χ0) is 16.7. The molecule has 3 N–H and O–H groups in total. The van der Waals surface area contributed by atoms with Crippen LogP contribution in [0.2, 0.25) is 0 Å². The maximum atomic E-state index is 6.11. The van der Waals surface area contributed by atoms with Gasteiger partial charge in [-0.1, -0.05) is 0 Å². The molecule has 6 nitrogen and oxygen atoms in total. The number of pyridine rings is 2. The van der Waals surface area contributed by atoms with Crippen LogP contribution in [0.5, 0.6) is 0 Å². The summed E-state index contributed by atoms with van der Waals surface area (Å²) in [4.78, 5) is 8.70. The third-order valence-electron chi connectivity index (χ3n) is 3.90. The molecule has 4 heterocycles. The van der Waals surface area contributed by atoms with Gasteiger partial charge in [-0.25, -0.2) is 0 Å². The normalized spacial score (nSPS) is 11.1. The third kappa shape index (κ3) is 2.38. The van der Waals surface area contributed by atoms with E-state index in [0.29, 0.717) is 11.5 Å². The molecule has 0 spiro atoms. The molecule has 4 aromatic heterocycles. The second-order valence-corrected chi connectivity index (χ2v) is 5.75. The molecule has 0 aliphatic carbocycles. The average molecular weight is 319 g/mol. The molecule has 4 aromatic rings. The topological polar surface area (TPSA) is 81.9 Å². The van der Waals surface area contributed by atoms with Gasteiger partial charge in [0.05, 0.1) is 11.1 Å². The number of anilines is 3. The third-order valence-corrected chi connectivity index (χ3v) is 3.90. The van der Waals surface area contributed by atoms with E-state index in [4.69, 9.17) is 10.2 Å². The standard InChI is InChI=1S/C18H17N5O/c1-11-9-12(3-6-20-11)15-17-14(4-7-21-15)16(18(19)24-17)22-13-5-8-23(2)10-13/h3-10,22H,19H2,1-2H3. The van der Waals surface area contributed by atoms with E-state index in [2.05, 4.69) is 15.3 Å². The van der Waals surface area contributed by atoms with Crippen molar-refractivity contribution in [3.8, 4) is 11.3 Å². The minimum Gasteiger partial charge on any atom is -0.436 e. The van der Waals surface area contributed by atoms with Crippen LogP contribution in [-0.4, -0.2) is 14.5 Å². The van der Waals surface area contributed by atoms with Gasteiger partial charge in [-0.3, -0.25) is 9.97 Å². The molecule has 4 rings (SSSR count). The fourth-order valence-corrected chi connectivity index (χ4v) is 2.79. The van der Waals surface area contributed by atoms with E-state index in [1.807, 2.05) is 55.2 Å². The Kier molecular flexibility index (Phi) is 3.23. The zero-order valence-corrected chi connectivity index (χ0v) is 13.4. The molecule has 0 saturated carbocycles. The average Bonchev–Trinajstić information content (AvgIpc) is 3.11. The highest BCUT2D eigenvalue weighted by atomic mass is 16.3. The van der Waals surface area contributed by atoms with Crippen molar-refractivity contribution in [1.29, 1.82) is 0 Å². The number of nitrogens with two attached hydrogens (primary N) is 1. The fourth-order valence-electron chi connectivity index (χ4n) is 2.79. The maximum Gasteiger partial charge on any atom is 0.215 e. The second-order valence-electron chi connectivity index (χ2n) is 5.75. The van der Waals surface area contributed by atoms with Crippen LogP contribution in [0.3, 0.4) is 0 Å². The first-order chi connectivity index (χ1) is 11.6. The number of furan rings is 1. The molecule has 0 aromatic carbocycles. The van der Waals surface area contributed by atoms with Gasteiger partial charge in [0.25, 0.3) is 0 Å². The molecule has 0 fully saturated rings. The Labute approximate surface area is 138 Å². The molecule has 0 atom stereocenters. The van der Waals surface area contributed by atoms with Gasteiger partial charge in [0.2, 0.25) is 5.88 Å². The molecule has 0 unspecified atom stereocenters. The number of fused-ring (bicyclic) bond motifs is 1. The van der Waals surface area contributed by atoms with Crippen LogP contribution in [0.1, 0.15) is 5.69 Å². The largest absolute Gasteiger partial charge is 0.436 e. The summed E-state index contributed by atoms with van der Waals surface area (Å²) in [5.74, 6) is 0.342. The van der Waals surface area contributed by atoms with E-state index < -0.39 is 0 Å². The number of aryl methyl sites for hydroxylation is 2. The molecule has 0 radical (unpaired) electrons. The van der Waals surface area contributed by atoms with Crippen molar-refractivity contribution in [2.75, 3.05) is 11.1 Å². The molecule has 6 heteroatoms. The Hall–Kier alpha value is -3.28. The highest BCUT2D eigenvalue weighted by molar-refractivity contribution is 6.03. The quantitative estimate of drug-likeness (QED) is 0.599. The van der Waals surface area contributed by atoms with Crippen LogP contribution < -0.4 is 11.1 Å². The van der Waals surface area contributed by atoms with E-state index in [-0.39, 0.29) is 0 Å². The van der Waals surface area contributed by atoms with Crippen LogP contribution >= 0.6 is 0 Å². The van der Waals surface area contributed by atoms with Crippen molar-refractivity contribution in [1.82, 2.24) is 14.5 Å². The summed E-state index contributed by atoms with van der Waals surface area (Å²) in [5.41, 5.74) is 11.1. The molecule has 0 amide bonds. The van der Waals surface area contributed by atoms with Gasteiger partial charge in [-0.05, 0) is 31.2 Å². The predicted octanol–water partition coefficient (Wildman–Crippen LogP) is 3.86. The summed E-state index contributed by atoms with van der Waals surface area (Å²) in [7, 11) is 1.97. The second kappa shape index (κ2) is 5.42. The van der Waals surface area contributed by atoms with Crippen LogP contribution in [0.25, 0.3) is 22.2 Å². The van der Waals surface area contributed by atoms with Gasteiger partial charge in [0.15, 0.2) is 5.58 Å². The summed E-state index contributed by atoms with van der Waals surface area (Å²) in [6.07, 6.45) is 7.47. The van der Waals surface area contributed by atoms with E-state index in [1.54, 1.807) is 12.4 Å². The molecular formula is C18H17N5O. The van der Waals surface area contributed by atoms with E-state index in [1.165, 1.54) is 0 Å². The molecule has 0 aliphatic rings. The maximum absolute atomic E-state index is 6.11. The van der Waals surface area contributed by atoms with E-state index in [0.717, 1.165) is 33.7 Å². The van der Waals surface area contributed by atoms with E-state index >= 15 is 0 Å². The molecule has 0 bridgehead atoms. The number of nitrogens with one attached hydrogen (secondary N) is 1. The molecule has 0 saturated heterocycles. The number of nitrogens with zero attached hydrogens (tertiary/aromatic N) is 3. The Morgan fingerprint density at radius 3 is 2.75 bits per heavy atom. The van der Waals surface area contributed by atoms with E-state index in [9.17, 15) is 0 Å². The van der Waals surface area contributed by atoms with Crippen LogP contribution in [0.15, 0.2) is 53.5 Å². The summed E-state index contributed by atoms with van der Waals surface area (Å²) < 4.78 is 7.79. The molecule has 24 heavy (non-hydrogen) atoms. The van der Waals surface area contributed by atoms with Crippen molar-refractivity contribution < 1.29 is 4.42 Å². The number of nitrogen functional groups attached to an aromatic ring is 1. The minimum absolute atomic E-state index is 0.342. The van der Waals surface area contributed by atoms with Crippen LogP contribution in [0, 0.1) is 6.92 Å². The van der Waals surface area contributed by atoms with Crippen molar-refractivity contribution in [2.45, 2.75) is 6.92 Å². The van der Waals surface area contributed by atoms with Crippen molar-refractivity contribution in [3.63, 3.8) is 0 Å². The highest BCUT2D eigenvalue weighted by Gasteiger charge is 2.17. The first kappa shape index (κ1) is 14.3. The van der Waals surface area contributed by atoms with Gasteiger partial charge >= 0.3 is 0 Å². The fraction of sp³-hybridized carbons (Fsp3) is 0.111. The predicted molar refractivity (Wildman–Crippen MR) is 95.1 cm³/mol. The number of hydrogen-bond donors (Lipinski definition) is 2. The van der Waals surface area contributed by atoms with Gasteiger partial charge in [-0.15, -0.1) is 0 Å². The number of aromatic nitrogens is 3. The summed E-state index contributed by atoms with van der Waals surface area (Å²) >= 11 is 0. The Bertz CT molecular complexity index is 1030. The first-order valence-corrected chi connectivity index (χ1v) is 7.61. The van der Waals surface area contributed by atoms with Crippen LogP contribution in [-0.2, 0) is 7.05 Å². The summed E-state index contributed by atoms with van der Waals surface area (Å²) in [6.45, 7) is 1.95. The smallest absolute Gasteiger partial charge is 0.215 e. The Morgan fingerprint density at radius 2 is 2.00 bits per heavy atom. The lowest BCUT2D eigenvalue weighted by Crippen LogP contribution is -1.92. The molecule has 120 valence electrons. The summed E-state index contributed by atoms with van der Waals surface area (Å²) in [6, 6.07) is 7.77. The van der Waals surface area contributed by atoms with Gasteiger partial charge in [-0.2, -0.15) is 0 Å². The molecular weight excluding hydrogens is 302 g/mol. The zero-order valence-electron chi connectivity index (χ0n) is 13.4. The Balaban J connectivity index is 1.86. The number of hydrogen-bond acceptors (Lipinski definition) is 5. The first-order valence-electron chi connectivity index (χ1n) is 7.61. The van der Waals surface area contributed by atoms with Gasteiger partial charge < -0.3 is 20.0 Å². The Morgan fingerprint density at radius 1 is 1.17 bits per heavy atom. The van der Waals surface area contributed by atoms with Crippen LogP contribution in [0.4, 0.5) is 17.3 Å². The number of rotatable bonds is 3. The molecule has 0 aliphatic heterocycles. The lowest BCUT2D eigenvalue weighted by Gasteiger charge is -2.04. The SMILES string of the molecule is Cc1cc(-c2nccc3c(Nc4ccn(C)c4)c(N)oc23)ccn1. The summed E-state index contributed by atoms with van der Waals surface area (Å²) in [5, 5.41) is 4.23. The van der Waals surface area contributed by atoms with Crippen molar-refractivity contribution >= 4 is 28.2 Å². The lowest BCUT2D eigenvalue weighted by molar-refractivity contribution is 0.638. The highest BCUT2D eigenvalue weighted by Crippen LogP contribution is 2.38. The van der Waals surface area contributed by atoms with Crippen molar-refractivity contribution in [2.24, 2.45) is 7.05 Å². The minimum atomic E-state index is 0.342. The monoisotopic (exact) mass is 319 g/mol.